The standard InChI is InChI=1S/C20H26FN3O2S/c1-23(2)13-17-14-24(12-16-7-4-3-5-8-16)15-20(17)22-27(25,26)19-10-6-9-18(21)11-19/h3-11,17,20,22H,12-15H2,1-2H3/t17-,20-/m1/s1. The zero-order chi connectivity index (χ0) is 19.4. The summed E-state index contributed by atoms with van der Waals surface area (Å²) in [6.45, 7) is 3.00. The topological polar surface area (TPSA) is 52.6 Å². The van der Waals surface area contributed by atoms with E-state index in [2.05, 4.69) is 26.7 Å². The van der Waals surface area contributed by atoms with Crippen molar-refractivity contribution >= 4 is 10.0 Å². The Morgan fingerprint density at radius 1 is 1.11 bits per heavy atom. The fourth-order valence-corrected chi connectivity index (χ4v) is 4.95. The lowest BCUT2D eigenvalue weighted by Gasteiger charge is -2.22. The number of likely N-dealkylation sites (tertiary alicyclic amines) is 1. The minimum absolute atomic E-state index is 0.0346. The fourth-order valence-electron chi connectivity index (χ4n) is 3.62. The number of hydrogen-bond acceptors (Lipinski definition) is 4. The summed E-state index contributed by atoms with van der Waals surface area (Å²) in [6, 6.07) is 15.1. The van der Waals surface area contributed by atoms with E-state index in [0.29, 0.717) is 6.54 Å². The van der Waals surface area contributed by atoms with Crippen molar-refractivity contribution in [2.75, 3.05) is 33.7 Å². The largest absolute Gasteiger partial charge is 0.309 e. The Hall–Kier alpha value is -1.80. The zero-order valence-corrected chi connectivity index (χ0v) is 16.5. The highest BCUT2D eigenvalue weighted by Crippen LogP contribution is 2.22. The molecule has 1 N–H and O–H groups in total. The van der Waals surface area contributed by atoms with Gasteiger partial charge < -0.3 is 4.90 Å². The SMILES string of the molecule is CN(C)C[C@@H]1CN(Cc2ccccc2)C[C@H]1NS(=O)(=O)c1cccc(F)c1. The van der Waals surface area contributed by atoms with Crippen molar-refractivity contribution in [3.05, 3.63) is 66.0 Å². The maximum absolute atomic E-state index is 13.5. The summed E-state index contributed by atoms with van der Waals surface area (Å²) >= 11 is 0. The summed E-state index contributed by atoms with van der Waals surface area (Å²) in [7, 11) is 0.202. The van der Waals surface area contributed by atoms with Crippen LogP contribution in [0.4, 0.5) is 4.39 Å². The minimum atomic E-state index is -3.77. The van der Waals surface area contributed by atoms with Gasteiger partial charge in [-0.05, 0) is 37.9 Å². The zero-order valence-electron chi connectivity index (χ0n) is 15.7. The number of sulfonamides is 1. The molecule has 1 fully saturated rings. The third-order valence-corrected chi connectivity index (χ3v) is 6.27. The molecule has 0 bridgehead atoms. The van der Waals surface area contributed by atoms with Crippen molar-refractivity contribution in [2.24, 2.45) is 5.92 Å². The van der Waals surface area contributed by atoms with Crippen molar-refractivity contribution < 1.29 is 12.8 Å². The predicted octanol–water partition coefficient (Wildman–Crippen LogP) is 2.17. The highest BCUT2D eigenvalue weighted by molar-refractivity contribution is 7.89. The number of benzene rings is 2. The van der Waals surface area contributed by atoms with Gasteiger partial charge in [0.1, 0.15) is 5.82 Å². The third kappa shape index (κ3) is 5.35. The summed E-state index contributed by atoms with van der Waals surface area (Å²) in [6.07, 6.45) is 0. The van der Waals surface area contributed by atoms with Gasteiger partial charge in [0.2, 0.25) is 10.0 Å². The van der Waals surface area contributed by atoms with Crippen LogP contribution in [0.3, 0.4) is 0 Å². The van der Waals surface area contributed by atoms with Gasteiger partial charge in [-0.25, -0.2) is 17.5 Å². The van der Waals surface area contributed by atoms with E-state index in [0.717, 1.165) is 25.7 Å². The summed E-state index contributed by atoms with van der Waals surface area (Å²) in [4.78, 5) is 4.30. The molecule has 0 spiro atoms. The van der Waals surface area contributed by atoms with E-state index in [9.17, 15) is 12.8 Å². The number of hydrogen-bond donors (Lipinski definition) is 1. The van der Waals surface area contributed by atoms with Gasteiger partial charge in [0.15, 0.2) is 0 Å². The van der Waals surface area contributed by atoms with E-state index >= 15 is 0 Å². The average Bonchev–Trinajstić information content (AvgIpc) is 2.95. The normalized spacial score (nSPS) is 21.0. The van der Waals surface area contributed by atoms with Crippen LogP contribution in [0.5, 0.6) is 0 Å². The molecule has 1 aliphatic heterocycles. The second-order valence-electron chi connectivity index (χ2n) is 7.39. The lowest BCUT2D eigenvalue weighted by atomic mass is 10.0. The Morgan fingerprint density at radius 2 is 1.85 bits per heavy atom. The molecule has 2 aromatic rings. The highest BCUT2D eigenvalue weighted by Gasteiger charge is 2.35. The molecule has 1 aliphatic rings. The van der Waals surface area contributed by atoms with E-state index in [4.69, 9.17) is 0 Å². The molecule has 2 aromatic carbocycles. The van der Waals surface area contributed by atoms with Gasteiger partial charge in [0.05, 0.1) is 4.90 Å². The molecule has 27 heavy (non-hydrogen) atoms. The van der Waals surface area contributed by atoms with Gasteiger partial charge in [0.25, 0.3) is 0 Å². The van der Waals surface area contributed by atoms with Crippen LogP contribution >= 0.6 is 0 Å². The summed E-state index contributed by atoms with van der Waals surface area (Å²) < 4.78 is 41.7. The Labute approximate surface area is 160 Å². The van der Waals surface area contributed by atoms with Gasteiger partial charge in [-0.2, -0.15) is 0 Å². The molecule has 2 atom stereocenters. The molecule has 0 amide bonds. The molecule has 0 unspecified atom stereocenters. The first-order chi connectivity index (χ1) is 12.8. The number of nitrogens with one attached hydrogen (secondary N) is 1. The molecule has 7 heteroatoms. The van der Waals surface area contributed by atoms with Gasteiger partial charge in [-0.15, -0.1) is 0 Å². The Balaban J connectivity index is 1.74. The third-order valence-electron chi connectivity index (χ3n) is 4.78. The van der Waals surface area contributed by atoms with Crippen LogP contribution in [0.2, 0.25) is 0 Å². The second kappa shape index (κ2) is 8.48. The monoisotopic (exact) mass is 391 g/mol. The van der Waals surface area contributed by atoms with Crippen molar-refractivity contribution in [3.63, 3.8) is 0 Å². The molecule has 0 aliphatic carbocycles. The number of rotatable bonds is 7. The minimum Gasteiger partial charge on any atom is -0.309 e. The van der Waals surface area contributed by atoms with Gasteiger partial charge in [0, 0.05) is 38.1 Å². The highest BCUT2D eigenvalue weighted by atomic mass is 32.2. The summed E-state index contributed by atoms with van der Waals surface area (Å²) in [5.74, 6) is -0.396. The van der Waals surface area contributed by atoms with E-state index in [1.54, 1.807) is 0 Å². The molecule has 146 valence electrons. The molecule has 1 saturated heterocycles. The van der Waals surface area contributed by atoms with Gasteiger partial charge in [-0.3, -0.25) is 4.90 Å². The van der Waals surface area contributed by atoms with Crippen LogP contribution in [0.25, 0.3) is 0 Å². The molecular weight excluding hydrogens is 365 g/mol. The van der Waals surface area contributed by atoms with E-state index < -0.39 is 15.8 Å². The average molecular weight is 392 g/mol. The van der Waals surface area contributed by atoms with Gasteiger partial charge >= 0.3 is 0 Å². The maximum Gasteiger partial charge on any atom is 0.240 e. The molecule has 1 heterocycles. The maximum atomic E-state index is 13.5. The summed E-state index contributed by atoms with van der Waals surface area (Å²) in [5, 5.41) is 0. The number of halogens is 1. The molecule has 0 saturated carbocycles. The Morgan fingerprint density at radius 3 is 2.52 bits per heavy atom. The van der Waals surface area contributed by atoms with Gasteiger partial charge in [-0.1, -0.05) is 36.4 Å². The first kappa shape index (κ1) is 19.9. The Kier molecular flexibility index (Phi) is 6.26. The molecule has 5 nitrogen and oxygen atoms in total. The first-order valence-electron chi connectivity index (χ1n) is 9.02. The summed E-state index contributed by atoms with van der Waals surface area (Å²) in [5.41, 5.74) is 1.20. The van der Waals surface area contributed by atoms with Crippen LogP contribution in [0.1, 0.15) is 5.56 Å². The number of nitrogens with zero attached hydrogens (tertiary/aromatic N) is 2. The van der Waals surface area contributed by atoms with Crippen molar-refractivity contribution in [1.82, 2.24) is 14.5 Å². The van der Waals surface area contributed by atoms with E-state index in [-0.39, 0.29) is 16.9 Å². The van der Waals surface area contributed by atoms with Crippen molar-refractivity contribution in [1.29, 1.82) is 0 Å². The van der Waals surface area contributed by atoms with Crippen molar-refractivity contribution in [3.8, 4) is 0 Å². The van der Waals surface area contributed by atoms with Crippen LogP contribution in [-0.2, 0) is 16.6 Å². The van der Waals surface area contributed by atoms with Crippen LogP contribution in [-0.4, -0.2) is 58.0 Å². The van der Waals surface area contributed by atoms with E-state index in [1.165, 1.54) is 23.8 Å². The smallest absolute Gasteiger partial charge is 0.240 e. The second-order valence-corrected chi connectivity index (χ2v) is 9.10. The lowest BCUT2D eigenvalue weighted by Crippen LogP contribution is -2.43. The first-order valence-corrected chi connectivity index (χ1v) is 10.5. The van der Waals surface area contributed by atoms with Crippen LogP contribution in [0.15, 0.2) is 59.5 Å². The Bertz CT molecular complexity index is 859. The molecule has 0 aromatic heterocycles. The quantitative estimate of drug-likeness (QED) is 0.786. The molecule has 3 rings (SSSR count). The fraction of sp³-hybridized carbons (Fsp3) is 0.400. The predicted molar refractivity (Wildman–Crippen MR) is 104 cm³/mol. The van der Waals surface area contributed by atoms with Crippen molar-refractivity contribution in [2.45, 2.75) is 17.5 Å². The molecular formula is C20H26FN3O2S. The van der Waals surface area contributed by atoms with E-state index in [1.807, 2.05) is 32.3 Å². The molecule has 0 radical (unpaired) electrons. The van der Waals surface area contributed by atoms with Crippen LogP contribution < -0.4 is 4.72 Å². The lowest BCUT2D eigenvalue weighted by molar-refractivity contribution is 0.283. The van der Waals surface area contributed by atoms with Crippen LogP contribution in [0, 0.1) is 11.7 Å².